The SMILES string of the molecule is CCOC(=O)C1C(c2cc(C3CC3)nc(C3CC3)c2)C1c1ccccc1F. The van der Waals surface area contributed by atoms with Crippen molar-refractivity contribution >= 4 is 5.97 Å². The minimum Gasteiger partial charge on any atom is -0.466 e. The highest BCUT2D eigenvalue weighted by molar-refractivity contribution is 5.80. The topological polar surface area (TPSA) is 39.2 Å². The highest BCUT2D eigenvalue weighted by Gasteiger charge is 2.58. The zero-order valence-corrected chi connectivity index (χ0v) is 15.5. The van der Waals surface area contributed by atoms with E-state index in [1.165, 1.54) is 31.7 Å². The molecule has 0 bridgehead atoms. The maximum atomic E-state index is 14.5. The van der Waals surface area contributed by atoms with E-state index in [9.17, 15) is 9.18 Å². The summed E-state index contributed by atoms with van der Waals surface area (Å²) in [6, 6.07) is 11.1. The number of aromatic nitrogens is 1. The van der Waals surface area contributed by atoms with Gasteiger partial charge in [-0.25, -0.2) is 4.39 Å². The Hall–Kier alpha value is -2.23. The molecule has 3 aliphatic carbocycles. The molecule has 3 atom stereocenters. The van der Waals surface area contributed by atoms with Gasteiger partial charge in [0, 0.05) is 35.1 Å². The zero-order chi connectivity index (χ0) is 18.5. The molecule has 4 heteroatoms. The number of esters is 1. The Bertz CT molecular complexity index is 857. The molecule has 1 aromatic carbocycles. The van der Waals surface area contributed by atoms with Gasteiger partial charge in [0.05, 0.1) is 12.5 Å². The second-order valence-electron chi connectivity index (χ2n) is 8.15. The van der Waals surface area contributed by atoms with E-state index in [-0.39, 0.29) is 29.5 Å². The van der Waals surface area contributed by atoms with Crippen molar-refractivity contribution in [2.45, 2.75) is 56.3 Å². The number of rotatable bonds is 6. The van der Waals surface area contributed by atoms with Crippen LogP contribution in [0.2, 0.25) is 0 Å². The van der Waals surface area contributed by atoms with Crippen molar-refractivity contribution in [3.63, 3.8) is 0 Å². The Morgan fingerprint density at radius 3 is 2.26 bits per heavy atom. The molecule has 1 heterocycles. The Balaban J connectivity index is 1.53. The number of hydrogen-bond acceptors (Lipinski definition) is 3. The summed E-state index contributed by atoms with van der Waals surface area (Å²) in [6.07, 6.45) is 4.79. The van der Waals surface area contributed by atoms with E-state index in [1.807, 2.05) is 13.0 Å². The second-order valence-corrected chi connectivity index (χ2v) is 8.15. The molecular formula is C23H24FNO2. The number of nitrogens with zero attached hydrogens (tertiary/aromatic N) is 1. The minimum atomic E-state index is -0.302. The third-order valence-corrected chi connectivity index (χ3v) is 6.11. The fourth-order valence-electron chi connectivity index (χ4n) is 4.36. The van der Waals surface area contributed by atoms with Crippen LogP contribution in [0.15, 0.2) is 36.4 Å². The van der Waals surface area contributed by atoms with Crippen molar-refractivity contribution in [2.24, 2.45) is 5.92 Å². The molecule has 0 aliphatic heterocycles. The van der Waals surface area contributed by atoms with Crippen LogP contribution >= 0.6 is 0 Å². The lowest BCUT2D eigenvalue weighted by atomic mass is 10.0. The maximum absolute atomic E-state index is 14.5. The number of pyridine rings is 1. The predicted octanol–water partition coefficient (Wildman–Crippen LogP) is 5.04. The van der Waals surface area contributed by atoms with E-state index < -0.39 is 0 Å². The third-order valence-electron chi connectivity index (χ3n) is 6.11. The molecule has 0 radical (unpaired) electrons. The number of carbonyl (C=O) groups excluding carboxylic acids is 1. The van der Waals surface area contributed by atoms with Crippen LogP contribution in [0.3, 0.4) is 0 Å². The molecule has 0 saturated heterocycles. The van der Waals surface area contributed by atoms with Crippen molar-refractivity contribution in [1.29, 1.82) is 0 Å². The summed E-state index contributed by atoms with van der Waals surface area (Å²) in [4.78, 5) is 17.5. The molecule has 0 spiro atoms. The number of benzene rings is 1. The molecule has 140 valence electrons. The fourth-order valence-corrected chi connectivity index (χ4v) is 4.36. The highest BCUT2D eigenvalue weighted by atomic mass is 19.1. The molecule has 1 aromatic heterocycles. The highest BCUT2D eigenvalue weighted by Crippen LogP contribution is 2.62. The monoisotopic (exact) mass is 365 g/mol. The van der Waals surface area contributed by atoms with Crippen LogP contribution in [-0.2, 0) is 9.53 Å². The molecule has 0 amide bonds. The van der Waals surface area contributed by atoms with Gasteiger partial charge in [-0.05, 0) is 61.9 Å². The van der Waals surface area contributed by atoms with Gasteiger partial charge in [0.15, 0.2) is 0 Å². The summed E-state index contributed by atoms with van der Waals surface area (Å²) in [6.45, 7) is 2.17. The smallest absolute Gasteiger partial charge is 0.310 e. The van der Waals surface area contributed by atoms with E-state index >= 15 is 0 Å². The van der Waals surface area contributed by atoms with E-state index in [4.69, 9.17) is 9.72 Å². The first-order valence-corrected chi connectivity index (χ1v) is 10.1. The molecule has 3 saturated carbocycles. The van der Waals surface area contributed by atoms with Gasteiger partial charge in [-0.15, -0.1) is 0 Å². The van der Waals surface area contributed by atoms with E-state index in [1.54, 1.807) is 12.1 Å². The fraction of sp³-hybridized carbons (Fsp3) is 0.478. The lowest BCUT2D eigenvalue weighted by molar-refractivity contribution is -0.144. The summed E-state index contributed by atoms with van der Waals surface area (Å²) >= 11 is 0. The number of ether oxygens (including phenoxy) is 1. The number of carbonyl (C=O) groups is 1. The molecule has 3 fully saturated rings. The Morgan fingerprint density at radius 2 is 1.70 bits per heavy atom. The van der Waals surface area contributed by atoms with Crippen LogP contribution in [-0.4, -0.2) is 17.6 Å². The molecule has 27 heavy (non-hydrogen) atoms. The van der Waals surface area contributed by atoms with E-state index in [0.29, 0.717) is 24.0 Å². The van der Waals surface area contributed by atoms with Gasteiger partial charge in [0.1, 0.15) is 5.82 Å². The van der Waals surface area contributed by atoms with Gasteiger partial charge in [0.2, 0.25) is 0 Å². The van der Waals surface area contributed by atoms with Crippen LogP contribution in [0.5, 0.6) is 0 Å². The first-order valence-electron chi connectivity index (χ1n) is 10.1. The van der Waals surface area contributed by atoms with E-state index in [0.717, 1.165) is 17.0 Å². The summed E-state index contributed by atoms with van der Waals surface area (Å²) < 4.78 is 19.8. The van der Waals surface area contributed by atoms with Gasteiger partial charge in [-0.3, -0.25) is 9.78 Å². The van der Waals surface area contributed by atoms with Crippen LogP contribution in [0, 0.1) is 11.7 Å². The minimum absolute atomic E-state index is 0.0149. The predicted molar refractivity (Wildman–Crippen MR) is 100 cm³/mol. The molecule has 2 aromatic rings. The first-order chi connectivity index (χ1) is 13.2. The summed E-state index contributed by atoms with van der Waals surface area (Å²) in [5.41, 5.74) is 4.09. The zero-order valence-electron chi connectivity index (χ0n) is 15.5. The van der Waals surface area contributed by atoms with Gasteiger partial charge >= 0.3 is 5.97 Å². The summed E-state index contributed by atoms with van der Waals surface area (Å²) in [7, 11) is 0. The van der Waals surface area contributed by atoms with Crippen molar-refractivity contribution in [3.05, 3.63) is 64.7 Å². The van der Waals surface area contributed by atoms with Gasteiger partial charge in [0.25, 0.3) is 0 Å². The average Bonchev–Trinajstić information content (AvgIpc) is 3.56. The van der Waals surface area contributed by atoms with Gasteiger partial charge in [-0.1, -0.05) is 18.2 Å². The van der Waals surface area contributed by atoms with Crippen LogP contribution in [0.4, 0.5) is 4.39 Å². The first kappa shape index (κ1) is 16.9. The second kappa shape index (κ2) is 6.43. The molecular weight excluding hydrogens is 341 g/mol. The van der Waals surface area contributed by atoms with Gasteiger partial charge < -0.3 is 4.74 Å². The largest absolute Gasteiger partial charge is 0.466 e. The molecule has 3 nitrogen and oxygen atoms in total. The number of halogens is 1. The molecule has 5 rings (SSSR count). The van der Waals surface area contributed by atoms with Crippen LogP contribution in [0.25, 0.3) is 0 Å². The van der Waals surface area contributed by atoms with Crippen molar-refractivity contribution in [2.75, 3.05) is 6.61 Å². The molecule has 3 unspecified atom stereocenters. The number of hydrogen-bond donors (Lipinski definition) is 0. The third kappa shape index (κ3) is 3.15. The molecule has 3 aliphatic rings. The molecule has 0 N–H and O–H groups in total. The normalized spacial score (nSPS) is 26.7. The maximum Gasteiger partial charge on any atom is 0.310 e. The van der Waals surface area contributed by atoms with Gasteiger partial charge in [-0.2, -0.15) is 0 Å². The summed E-state index contributed by atoms with van der Waals surface area (Å²) in [5, 5.41) is 0. The van der Waals surface area contributed by atoms with E-state index in [2.05, 4.69) is 12.1 Å². The van der Waals surface area contributed by atoms with Crippen molar-refractivity contribution in [3.8, 4) is 0 Å². The lowest BCUT2D eigenvalue weighted by Gasteiger charge is -2.09. The summed E-state index contributed by atoms with van der Waals surface area (Å²) in [5.74, 6) is 0.212. The van der Waals surface area contributed by atoms with Crippen molar-refractivity contribution in [1.82, 2.24) is 4.98 Å². The quantitative estimate of drug-likeness (QED) is 0.674. The Kier molecular flexibility index (Phi) is 4.03. The standard InChI is InChI=1S/C23H24FNO2/c1-2-27-23(26)22-20(21(22)16-5-3-4-6-17(16)24)15-11-18(13-7-8-13)25-19(12-15)14-9-10-14/h3-6,11-14,20-22H,2,7-10H2,1H3. The lowest BCUT2D eigenvalue weighted by Crippen LogP contribution is -2.08. The van der Waals surface area contributed by atoms with Crippen LogP contribution < -0.4 is 0 Å². The van der Waals surface area contributed by atoms with Crippen molar-refractivity contribution < 1.29 is 13.9 Å². The Labute approximate surface area is 159 Å². The average molecular weight is 365 g/mol. The Morgan fingerprint density at radius 1 is 1.07 bits per heavy atom. The van der Waals surface area contributed by atoms with Crippen LogP contribution in [0.1, 0.15) is 78.8 Å².